The van der Waals surface area contributed by atoms with Crippen molar-refractivity contribution >= 4 is 5.91 Å². The van der Waals surface area contributed by atoms with Crippen LogP contribution in [-0.2, 0) is 22.0 Å². The van der Waals surface area contributed by atoms with Gasteiger partial charge in [-0.25, -0.2) is 4.68 Å². The maximum atomic E-state index is 13.4. The lowest BCUT2D eigenvalue weighted by atomic mass is 9.85. The molecule has 2 aromatic rings. The Bertz CT molecular complexity index is 1060. The molecule has 1 amide bonds. The summed E-state index contributed by atoms with van der Waals surface area (Å²) in [5.41, 5.74) is 5.63. The van der Waals surface area contributed by atoms with Crippen molar-refractivity contribution in [2.24, 2.45) is 11.3 Å². The Kier molecular flexibility index (Phi) is 7.40. The fourth-order valence-electron chi connectivity index (χ4n) is 5.20. The molecule has 1 aliphatic heterocycles. The second-order valence-electron chi connectivity index (χ2n) is 13.6. The first kappa shape index (κ1) is 26.8. The van der Waals surface area contributed by atoms with Crippen LogP contribution in [0.5, 0.6) is 0 Å². The molecule has 0 aromatic carbocycles. The van der Waals surface area contributed by atoms with Crippen molar-refractivity contribution in [1.82, 2.24) is 20.1 Å². The van der Waals surface area contributed by atoms with E-state index < -0.39 is 0 Å². The largest absolute Gasteiger partial charge is 0.380 e. The van der Waals surface area contributed by atoms with Crippen LogP contribution in [0.25, 0.3) is 5.69 Å². The minimum absolute atomic E-state index is 0.0192. The van der Waals surface area contributed by atoms with Crippen molar-refractivity contribution in [2.45, 2.75) is 105 Å². The molecule has 0 unspecified atom stereocenters. The zero-order valence-electron chi connectivity index (χ0n) is 23.8. The van der Waals surface area contributed by atoms with Crippen LogP contribution in [0.3, 0.4) is 0 Å². The number of rotatable bonds is 6. The van der Waals surface area contributed by atoms with Crippen LogP contribution in [0.4, 0.5) is 0 Å². The van der Waals surface area contributed by atoms with Crippen molar-refractivity contribution in [3.05, 3.63) is 40.5 Å². The van der Waals surface area contributed by atoms with Crippen LogP contribution in [0.1, 0.15) is 114 Å². The zero-order valence-corrected chi connectivity index (χ0v) is 23.8. The van der Waals surface area contributed by atoms with Crippen molar-refractivity contribution in [2.75, 3.05) is 19.8 Å². The molecule has 36 heavy (non-hydrogen) atoms. The van der Waals surface area contributed by atoms with Gasteiger partial charge in [0.2, 0.25) is 0 Å². The quantitative estimate of drug-likeness (QED) is 0.530. The summed E-state index contributed by atoms with van der Waals surface area (Å²) in [5.74, 6) is 0.547. The Morgan fingerprint density at radius 1 is 1.06 bits per heavy atom. The van der Waals surface area contributed by atoms with Crippen molar-refractivity contribution in [1.29, 1.82) is 0 Å². The molecule has 1 aliphatic carbocycles. The third kappa shape index (κ3) is 5.85. The van der Waals surface area contributed by atoms with Crippen molar-refractivity contribution in [3.63, 3.8) is 0 Å². The van der Waals surface area contributed by atoms with Gasteiger partial charge in [-0.3, -0.25) is 9.78 Å². The summed E-state index contributed by atoms with van der Waals surface area (Å²) in [4.78, 5) is 18.4. The molecule has 6 nitrogen and oxygen atoms in total. The van der Waals surface area contributed by atoms with E-state index >= 15 is 0 Å². The van der Waals surface area contributed by atoms with E-state index in [-0.39, 0.29) is 22.2 Å². The van der Waals surface area contributed by atoms with Crippen LogP contribution >= 0.6 is 0 Å². The minimum Gasteiger partial charge on any atom is -0.380 e. The van der Waals surface area contributed by atoms with Gasteiger partial charge in [-0.05, 0) is 31.4 Å². The molecule has 3 heterocycles. The molecule has 1 saturated carbocycles. The normalized spacial score (nSPS) is 18.7. The molecule has 2 fully saturated rings. The van der Waals surface area contributed by atoms with Gasteiger partial charge in [0.05, 0.1) is 18.9 Å². The Balaban J connectivity index is 1.77. The number of ether oxygens (including phenoxy) is 1. The average molecular weight is 495 g/mol. The number of hydrogen-bond acceptors (Lipinski definition) is 4. The molecule has 0 spiro atoms. The average Bonchev–Trinajstić information content (AvgIpc) is 3.11. The number of carbonyl (C=O) groups is 1. The smallest absolute Gasteiger partial charge is 0.272 e. The van der Waals surface area contributed by atoms with E-state index in [1.54, 1.807) is 0 Å². The fraction of sp³-hybridized carbons (Fsp3) is 0.700. The highest BCUT2D eigenvalue weighted by Gasteiger charge is 2.34. The Morgan fingerprint density at radius 3 is 2.14 bits per heavy atom. The van der Waals surface area contributed by atoms with E-state index in [4.69, 9.17) is 14.8 Å². The third-order valence-electron chi connectivity index (χ3n) is 7.83. The Morgan fingerprint density at radius 2 is 1.64 bits per heavy atom. The first-order valence-electron chi connectivity index (χ1n) is 13.7. The summed E-state index contributed by atoms with van der Waals surface area (Å²) in [6.45, 7) is 19.4. The van der Waals surface area contributed by atoms with Crippen LogP contribution in [0, 0.1) is 18.3 Å². The fourth-order valence-corrected chi connectivity index (χ4v) is 5.20. The summed E-state index contributed by atoms with van der Waals surface area (Å²) in [6, 6.07) is 4.33. The third-order valence-corrected chi connectivity index (χ3v) is 7.83. The van der Waals surface area contributed by atoms with Crippen molar-refractivity contribution in [3.8, 4) is 5.69 Å². The standard InChI is InChI=1S/C30H46N4O2/c1-20-23(14-21-12-10-9-11-13-21)34(33-26(20)27(35)31-17-30(8)18-36-19-30)22-15-24(28(2,3)4)32-25(16-22)29(5,6)7/h15-16,21H,9-14,17-19H2,1-8H3,(H,31,35). The maximum Gasteiger partial charge on any atom is 0.272 e. The van der Waals surface area contributed by atoms with Gasteiger partial charge in [0.15, 0.2) is 5.69 Å². The van der Waals surface area contributed by atoms with Gasteiger partial charge in [-0.2, -0.15) is 5.10 Å². The highest BCUT2D eigenvalue weighted by atomic mass is 16.5. The van der Waals surface area contributed by atoms with Gasteiger partial charge in [-0.1, -0.05) is 80.6 Å². The van der Waals surface area contributed by atoms with Gasteiger partial charge < -0.3 is 10.1 Å². The number of amides is 1. The van der Waals surface area contributed by atoms with Crippen LogP contribution in [0.15, 0.2) is 12.1 Å². The number of nitrogens with zero attached hydrogens (tertiary/aromatic N) is 3. The SMILES string of the molecule is Cc1c(C(=O)NCC2(C)COC2)nn(-c2cc(C(C)(C)C)nc(C(C)(C)C)c2)c1CC1CCCCC1. The first-order chi connectivity index (χ1) is 16.8. The number of aromatic nitrogens is 3. The summed E-state index contributed by atoms with van der Waals surface area (Å²) in [6.07, 6.45) is 7.38. The molecular formula is C30H46N4O2. The van der Waals surface area contributed by atoms with Gasteiger partial charge >= 0.3 is 0 Å². The highest BCUT2D eigenvalue weighted by Crippen LogP contribution is 2.33. The molecule has 2 aliphatic rings. The van der Waals surface area contributed by atoms with E-state index in [0.717, 1.165) is 34.8 Å². The first-order valence-corrected chi connectivity index (χ1v) is 13.7. The second-order valence-corrected chi connectivity index (χ2v) is 13.6. The minimum atomic E-state index is -0.0950. The lowest BCUT2D eigenvalue weighted by Gasteiger charge is -2.37. The molecule has 0 atom stereocenters. The maximum absolute atomic E-state index is 13.4. The summed E-state index contributed by atoms with van der Waals surface area (Å²) < 4.78 is 7.42. The highest BCUT2D eigenvalue weighted by molar-refractivity contribution is 5.94. The molecule has 4 rings (SSSR count). The molecule has 0 radical (unpaired) electrons. The predicted molar refractivity (Wildman–Crippen MR) is 145 cm³/mol. The lowest BCUT2D eigenvalue weighted by Crippen LogP contribution is -2.48. The number of hydrogen-bond donors (Lipinski definition) is 1. The Labute approximate surface area is 217 Å². The lowest BCUT2D eigenvalue weighted by molar-refractivity contribution is -0.0978. The van der Waals surface area contributed by atoms with E-state index in [1.807, 2.05) is 0 Å². The predicted octanol–water partition coefficient (Wildman–Crippen LogP) is 6.06. The number of nitrogens with one attached hydrogen (secondary N) is 1. The molecule has 1 N–H and O–H groups in total. The monoisotopic (exact) mass is 494 g/mol. The van der Waals surface area contributed by atoms with Crippen molar-refractivity contribution < 1.29 is 9.53 Å². The molecule has 2 aromatic heterocycles. The van der Waals surface area contributed by atoms with E-state index in [9.17, 15) is 4.79 Å². The topological polar surface area (TPSA) is 69.0 Å². The van der Waals surface area contributed by atoms with Crippen LogP contribution in [-0.4, -0.2) is 40.4 Å². The molecule has 6 heteroatoms. The number of pyridine rings is 1. The Hall–Kier alpha value is -2.21. The van der Waals surface area contributed by atoms with Crippen LogP contribution < -0.4 is 5.32 Å². The summed E-state index contributed by atoms with van der Waals surface area (Å²) in [5, 5.41) is 8.12. The van der Waals surface area contributed by atoms with E-state index in [2.05, 4.69) is 77.5 Å². The van der Waals surface area contributed by atoms with Gasteiger partial charge in [-0.15, -0.1) is 0 Å². The number of carbonyl (C=O) groups excluding carboxylic acids is 1. The molecule has 0 bridgehead atoms. The molecular weight excluding hydrogens is 448 g/mol. The van der Waals surface area contributed by atoms with Gasteiger partial charge in [0, 0.05) is 45.4 Å². The zero-order chi connectivity index (χ0) is 26.3. The second kappa shape index (κ2) is 9.92. The van der Waals surface area contributed by atoms with Gasteiger partial charge in [0.1, 0.15) is 0 Å². The summed E-state index contributed by atoms with van der Waals surface area (Å²) in [7, 11) is 0. The van der Waals surface area contributed by atoms with Crippen LogP contribution in [0.2, 0.25) is 0 Å². The summed E-state index contributed by atoms with van der Waals surface area (Å²) >= 11 is 0. The molecule has 1 saturated heterocycles. The van der Waals surface area contributed by atoms with E-state index in [0.29, 0.717) is 31.4 Å². The van der Waals surface area contributed by atoms with Gasteiger partial charge in [0.25, 0.3) is 5.91 Å². The molecule has 198 valence electrons. The van der Waals surface area contributed by atoms with E-state index in [1.165, 1.54) is 32.1 Å².